The average Bonchev–Trinajstić information content (AvgIpc) is 3.10. The van der Waals surface area contributed by atoms with Crippen LogP contribution in [0.3, 0.4) is 0 Å². The van der Waals surface area contributed by atoms with Gasteiger partial charge in [0.15, 0.2) is 18.2 Å². The summed E-state index contributed by atoms with van der Waals surface area (Å²) in [6, 6.07) is 1.88. The number of nitriles is 1. The van der Waals surface area contributed by atoms with E-state index in [4.69, 9.17) is 18.9 Å². The average molecular weight is 433 g/mol. The lowest BCUT2D eigenvalue weighted by Gasteiger charge is -2.43. The van der Waals surface area contributed by atoms with E-state index in [0.717, 1.165) is 0 Å². The summed E-state index contributed by atoms with van der Waals surface area (Å²) >= 11 is 0. The fourth-order valence-electron chi connectivity index (χ4n) is 3.61. The number of ether oxygens (including phenoxy) is 4. The minimum atomic E-state index is -1.70. The molecule has 0 aromatic heterocycles. The molecule has 0 radical (unpaired) electrons. The lowest BCUT2D eigenvalue weighted by Crippen LogP contribution is -2.62. The summed E-state index contributed by atoms with van der Waals surface area (Å²) in [6.45, 7) is 1.02. The molecule has 170 valence electrons. The molecule has 2 heterocycles. The summed E-state index contributed by atoms with van der Waals surface area (Å²) in [6.07, 6.45) is -12.7. The Labute approximate surface area is 172 Å². The molecule has 2 saturated heterocycles. The molecule has 0 unspecified atom stereocenters. The summed E-state index contributed by atoms with van der Waals surface area (Å²) < 4.78 is 21.7. The van der Waals surface area contributed by atoms with Gasteiger partial charge in [0.25, 0.3) is 0 Å². The molecule has 3 aliphatic rings. The van der Waals surface area contributed by atoms with Gasteiger partial charge in [-0.05, 0) is 13.0 Å². The molecule has 2 aliphatic heterocycles. The van der Waals surface area contributed by atoms with Gasteiger partial charge in [0.2, 0.25) is 0 Å². The summed E-state index contributed by atoms with van der Waals surface area (Å²) in [5.41, 5.74) is -1.59. The molecular formula is C18H27NO11. The first-order chi connectivity index (χ1) is 14.1. The van der Waals surface area contributed by atoms with E-state index in [1.54, 1.807) is 0 Å². The predicted octanol–water partition coefficient (Wildman–Crippen LogP) is -3.76. The van der Waals surface area contributed by atoms with Gasteiger partial charge in [-0.2, -0.15) is 5.26 Å². The van der Waals surface area contributed by atoms with Gasteiger partial charge in [0.05, 0.1) is 18.8 Å². The molecule has 1 aliphatic carbocycles. The van der Waals surface area contributed by atoms with Crippen LogP contribution in [-0.4, -0.2) is 115 Å². The van der Waals surface area contributed by atoms with Crippen LogP contribution in [0.2, 0.25) is 0 Å². The second-order valence-corrected chi connectivity index (χ2v) is 7.78. The Morgan fingerprint density at radius 2 is 1.57 bits per heavy atom. The first-order valence-corrected chi connectivity index (χ1v) is 9.56. The molecule has 7 N–H and O–H groups in total. The monoisotopic (exact) mass is 433 g/mol. The maximum atomic E-state index is 10.2. The zero-order chi connectivity index (χ0) is 22.2. The van der Waals surface area contributed by atoms with Crippen molar-refractivity contribution in [2.24, 2.45) is 0 Å². The van der Waals surface area contributed by atoms with Gasteiger partial charge >= 0.3 is 0 Å². The van der Waals surface area contributed by atoms with Gasteiger partial charge in [-0.3, -0.25) is 0 Å². The second kappa shape index (κ2) is 9.11. The highest BCUT2D eigenvalue weighted by Gasteiger charge is 2.49. The minimum Gasteiger partial charge on any atom is -0.389 e. The third-order valence-electron chi connectivity index (χ3n) is 5.52. The molecule has 0 aromatic carbocycles. The van der Waals surface area contributed by atoms with Gasteiger partial charge in [-0.15, -0.1) is 0 Å². The number of aliphatic hydroxyl groups excluding tert-OH is 7. The van der Waals surface area contributed by atoms with E-state index in [0.29, 0.717) is 0 Å². The van der Waals surface area contributed by atoms with Gasteiger partial charge in [-0.1, -0.05) is 6.08 Å². The first-order valence-electron chi connectivity index (χ1n) is 9.56. The van der Waals surface area contributed by atoms with E-state index in [9.17, 15) is 41.0 Å². The van der Waals surface area contributed by atoms with E-state index in [1.807, 2.05) is 6.07 Å². The van der Waals surface area contributed by atoms with E-state index < -0.39 is 79.7 Å². The molecule has 12 nitrogen and oxygen atoms in total. The molecule has 0 amide bonds. The smallest absolute Gasteiger partial charge is 0.189 e. The van der Waals surface area contributed by atoms with Gasteiger partial charge < -0.3 is 54.7 Å². The number of rotatable bonds is 5. The highest BCUT2D eigenvalue weighted by molar-refractivity contribution is 5.24. The lowest BCUT2D eigenvalue weighted by molar-refractivity contribution is -0.335. The van der Waals surface area contributed by atoms with Crippen LogP contribution in [0.15, 0.2) is 12.2 Å². The Morgan fingerprint density at radius 1 is 0.933 bits per heavy atom. The highest BCUT2D eigenvalue weighted by atomic mass is 16.7. The SMILES string of the molecule is C[C@H]1O[C@@H](OC[C@H]2O[C@@H](O[C@@]3(C#N)C=C[C@@H](O)C3)[C@H](O)[C@@H](O)[C@H]2O)[C@@H](O)[C@H](O)[C@@H]1O. The molecule has 2 fully saturated rings. The van der Waals surface area contributed by atoms with Crippen LogP contribution in [0.5, 0.6) is 0 Å². The van der Waals surface area contributed by atoms with Crippen LogP contribution in [-0.2, 0) is 18.9 Å². The summed E-state index contributed by atoms with van der Waals surface area (Å²) in [5, 5.41) is 79.2. The number of aliphatic hydroxyl groups is 7. The van der Waals surface area contributed by atoms with Gasteiger partial charge in [0, 0.05) is 6.42 Å². The van der Waals surface area contributed by atoms with Crippen LogP contribution in [0.25, 0.3) is 0 Å². The molecule has 0 bridgehead atoms. The lowest BCUT2D eigenvalue weighted by atomic mass is 9.98. The summed E-state index contributed by atoms with van der Waals surface area (Å²) in [4.78, 5) is 0. The quantitative estimate of drug-likeness (QED) is 0.209. The van der Waals surface area contributed by atoms with Gasteiger partial charge in [0.1, 0.15) is 48.8 Å². The molecule has 12 atom stereocenters. The van der Waals surface area contributed by atoms with Crippen molar-refractivity contribution in [2.45, 2.75) is 86.5 Å². The van der Waals surface area contributed by atoms with Crippen molar-refractivity contribution in [3.05, 3.63) is 12.2 Å². The Kier molecular flexibility index (Phi) is 7.12. The van der Waals surface area contributed by atoms with Crippen LogP contribution >= 0.6 is 0 Å². The minimum absolute atomic E-state index is 0.101. The molecule has 30 heavy (non-hydrogen) atoms. The van der Waals surface area contributed by atoms with E-state index in [2.05, 4.69) is 0 Å². The number of hydrogen-bond acceptors (Lipinski definition) is 12. The normalized spacial score (nSPS) is 51.6. The molecular weight excluding hydrogens is 406 g/mol. The largest absolute Gasteiger partial charge is 0.389 e. The van der Waals surface area contributed by atoms with Crippen molar-refractivity contribution in [3.8, 4) is 6.07 Å². The standard InChI is InChI=1S/C18H27NO11/c1-7-10(21)12(23)14(25)16(28-7)27-5-9-11(22)13(24)15(26)17(29-9)30-18(6-19)3-2-8(20)4-18/h2-3,7-17,20-26H,4-5H2,1H3/t7-,8-,9-,10-,11+,12-,13+,14+,15-,16-,17+,18+/m1/s1. The maximum absolute atomic E-state index is 10.2. The molecule has 3 rings (SSSR count). The van der Waals surface area contributed by atoms with E-state index in [1.165, 1.54) is 19.1 Å². The molecule has 12 heteroatoms. The van der Waals surface area contributed by atoms with Crippen molar-refractivity contribution >= 4 is 0 Å². The fraction of sp³-hybridized carbons (Fsp3) is 0.833. The Balaban J connectivity index is 1.65. The molecule has 0 saturated carbocycles. The topological polar surface area (TPSA) is 202 Å². The summed E-state index contributed by atoms with van der Waals surface area (Å²) in [7, 11) is 0. The van der Waals surface area contributed by atoms with Crippen LogP contribution in [0.1, 0.15) is 13.3 Å². The second-order valence-electron chi connectivity index (χ2n) is 7.78. The first kappa shape index (κ1) is 23.5. The Morgan fingerprint density at radius 3 is 2.17 bits per heavy atom. The maximum Gasteiger partial charge on any atom is 0.189 e. The summed E-state index contributed by atoms with van der Waals surface area (Å²) in [5.74, 6) is 0. The van der Waals surface area contributed by atoms with Crippen molar-refractivity contribution in [3.63, 3.8) is 0 Å². The zero-order valence-electron chi connectivity index (χ0n) is 16.1. The van der Waals surface area contributed by atoms with Crippen molar-refractivity contribution in [2.75, 3.05) is 6.61 Å². The van der Waals surface area contributed by atoms with Crippen LogP contribution < -0.4 is 0 Å². The van der Waals surface area contributed by atoms with E-state index in [-0.39, 0.29) is 6.42 Å². The predicted molar refractivity (Wildman–Crippen MR) is 94.2 cm³/mol. The van der Waals surface area contributed by atoms with Crippen LogP contribution in [0, 0.1) is 11.3 Å². The van der Waals surface area contributed by atoms with E-state index >= 15 is 0 Å². The molecule has 0 aromatic rings. The third kappa shape index (κ3) is 4.52. The van der Waals surface area contributed by atoms with Crippen molar-refractivity contribution < 1.29 is 54.7 Å². The molecule has 0 spiro atoms. The van der Waals surface area contributed by atoms with Crippen molar-refractivity contribution in [1.82, 2.24) is 0 Å². The number of hydrogen-bond donors (Lipinski definition) is 7. The third-order valence-corrected chi connectivity index (χ3v) is 5.52. The zero-order valence-corrected chi connectivity index (χ0v) is 16.1. The van der Waals surface area contributed by atoms with Crippen LogP contribution in [0.4, 0.5) is 0 Å². The van der Waals surface area contributed by atoms with Crippen molar-refractivity contribution in [1.29, 1.82) is 5.26 Å². The fourth-order valence-corrected chi connectivity index (χ4v) is 3.61. The Hall–Kier alpha value is -1.21. The number of nitrogens with zero attached hydrogens (tertiary/aromatic N) is 1. The van der Waals surface area contributed by atoms with Gasteiger partial charge in [-0.25, -0.2) is 0 Å². The Bertz CT molecular complexity index is 671. The highest BCUT2D eigenvalue weighted by Crippen LogP contribution is 2.32.